The molecule has 3 rings (SSSR count). The summed E-state index contributed by atoms with van der Waals surface area (Å²) in [5.41, 5.74) is 1.29. The van der Waals surface area contributed by atoms with Gasteiger partial charge in [0.25, 0.3) is 0 Å². The minimum atomic E-state index is -0.664. The first-order valence-electron chi connectivity index (χ1n) is 14.0. The van der Waals surface area contributed by atoms with Crippen molar-refractivity contribution in [2.24, 2.45) is 5.92 Å². The molecule has 1 aromatic carbocycles. The molecule has 1 saturated carbocycles. The molecule has 0 aliphatic heterocycles. The predicted molar refractivity (Wildman–Crippen MR) is 156 cm³/mol. The number of carbonyl (C=O) groups is 2. The Morgan fingerprint density at radius 3 is 2.61 bits per heavy atom. The van der Waals surface area contributed by atoms with E-state index in [0.29, 0.717) is 36.0 Å². The van der Waals surface area contributed by atoms with E-state index in [2.05, 4.69) is 38.5 Å². The summed E-state index contributed by atoms with van der Waals surface area (Å²) < 4.78 is 11.3. The van der Waals surface area contributed by atoms with Crippen LogP contribution in [0.2, 0.25) is 0 Å². The highest BCUT2D eigenvalue weighted by atomic mass is 16.6. The zero-order valence-corrected chi connectivity index (χ0v) is 24.8. The molecular formula is C31H40N6O4. The summed E-state index contributed by atoms with van der Waals surface area (Å²) in [4.78, 5) is 35.5. The second-order valence-electron chi connectivity index (χ2n) is 11.2. The minimum absolute atomic E-state index is 0.0314. The Bertz CT molecular complexity index is 1300. The molecule has 2 N–H and O–H groups in total. The van der Waals surface area contributed by atoms with Crippen molar-refractivity contribution in [3.05, 3.63) is 41.6 Å². The van der Waals surface area contributed by atoms with Crippen molar-refractivity contribution >= 4 is 23.6 Å². The lowest BCUT2D eigenvalue weighted by Crippen LogP contribution is -2.50. The van der Waals surface area contributed by atoms with Gasteiger partial charge in [-0.2, -0.15) is 10.2 Å². The molecule has 0 radical (unpaired) electrons. The summed E-state index contributed by atoms with van der Waals surface area (Å²) >= 11 is 0. The fourth-order valence-corrected chi connectivity index (χ4v) is 4.20. The van der Waals surface area contributed by atoms with Crippen LogP contribution in [0.4, 0.5) is 16.4 Å². The van der Waals surface area contributed by atoms with Gasteiger partial charge in [0.1, 0.15) is 17.2 Å². The molecule has 0 saturated heterocycles. The summed E-state index contributed by atoms with van der Waals surface area (Å²) in [6.45, 7) is 9.58. The number of rotatable bonds is 8. The van der Waals surface area contributed by atoms with Crippen LogP contribution in [0.25, 0.3) is 0 Å². The van der Waals surface area contributed by atoms with Gasteiger partial charge in [-0.3, -0.25) is 9.69 Å². The zero-order valence-electron chi connectivity index (χ0n) is 24.8. The van der Waals surface area contributed by atoms with Crippen molar-refractivity contribution < 1.29 is 19.1 Å². The lowest BCUT2D eigenvalue weighted by atomic mass is 9.86. The number of amides is 2. The molecule has 1 fully saturated rings. The van der Waals surface area contributed by atoms with Crippen LogP contribution in [0.3, 0.4) is 0 Å². The third-order valence-electron chi connectivity index (χ3n) is 6.54. The maximum absolute atomic E-state index is 12.9. The van der Waals surface area contributed by atoms with Gasteiger partial charge in [-0.15, -0.1) is 0 Å². The molecule has 3 atom stereocenters. The lowest BCUT2D eigenvalue weighted by molar-refractivity contribution is -0.126. The summed E-state index contributed by atoms with van der Waals surface area (Å²) in [5, 5.41) is 15.2. The van der Waals surface area contributed by atoms with Gasteiger partial charge in [-0.1, -0.05) is 25.2 Å². The molecule has 0 bridgehead atoms. The third kappa shape index (κ3) is 9.68. The fourth-order valence-electron chi connectivity index (χ4n) is 4.20. The highest BCUT2D eigenvalue weighted by Crippen LogP contribution is 2.25. The van der Waals surface area contributed by atoms with Crippen LogP contribution in [0.15, 0.2) is 30.5 Å². The van der Waals surface area contributed by atoms with Gasteiger partial charge >= 0.3 is 6.09 Å². The van der Waals surface area contributed by atoms with Gasteiger partial charge in [-0.25, -0.2) is 9.78 Å². The Balaban J connectivity index is 1.64. The largest absolute Gasteiger partial charge is 0.477 e. The molecule has 41 heavy (non-hydrogen) atoms. The van der Waals surface area contributed by atoms with E-state index in [1.165, 1.54) is 4.90 Å². The SMILES string of the molecule is CCCOc1nc(Nc2ccc(C#N)cc2)ncc1C#C[C@@H]1CCC[C@H](NC(=O)[C@H](C)N(C)C(=O)OC(C)(C)C)C1. The van der Waals surface area contributed by atoms with Crippen molar-refractivity contribution in [2.75, 3.05) is 19.0 Å². The lowest BCUT2D eigenvalue weighted by Gasteiger charge is -2.31. The number of nitrogens with zero attached hydrogens (tertiary/aromatic N) is 4. The Kier molecular flexibility index (Phi) is 10.9. The number of hydrogen-bond donors (Lipinski definition) is 2. The monoisotopic (exact) mass is 560 g/mol. The average molecular weight is 561 g/mol. The van der Waals surface area contributed by atoms with Gasteiger partial charge in [-0.05, 0) is 77.6 Å². The first-order chi connectivity index (χ1) is 19.5. The molecule has 0 unspecified atom stereocenters. The number of likely N-dealkylation sites (N-methyl/N-ethyl adjacent to an activating group) is 1. The van der Waals surface area contributed by atoms with Crippen molar-refractivity contribution in [1.29, 1.82) is 5.26 Å². The first kappa shape index (κ1) is 31.2. The molecule has 218 valence electrons. The third-order valence-corrected chi connectivity index (χ3v) is 6.54. The van der Waals surface area contributed by atoms with Crippen LogP contribution in [-0.2, 0) is 9.53 Å². The Hall–Kier alpha value is -4.31. The molecule has 10 heteroatoms. The quantitative estimate of drug-likeness (QED) is 0.424. The van der Waals surface area contributed by atoms with Gasteiger partial charge in [0.15, 0.2) is 0 Å². The van der Waals surface area contributed by atoms with Crippen LogP contribution >= 0.6 is 0 Å². The highest BCUT2D eigenvalue weighted by Gasteiger charge is 2.29. The van der Waals surface area contributed by atoms with Gasteiger partial charge in [0.2, 0.25) is 17.7 Å². The van der Waals surface area contributed by atoms with E-state index in [4.69, 9.17) is 14.7 Å². The molecule has 1 aliphatic rings. The number of ether oxygens (including phenoxy) is 2. The van der Waals surface area contributed by atoms with E-state index in [1.54, 1.807) is 65.2 Å². The highest BCUT2D eigenvalue weighted by molar-refractivity contribution is 5.85. The van der Waals surface area contributed by atoms with Crippen LogP contribution in [0.1, 0.15) is 77.8 Å². The zero-order chi connectivity index (χ0) is 30.0. The molecule has 1 aliphatic carbocycles. The van der Waals surface area contributed by atoms with Gasteiger partial charge in [0.05, 0.1) is 24.4 Å². The number of hydrogen-bond acceptors (Lipinski definition) is 8. The molecular weight excluding hydrogens is 520 g/mol. The van der Waals surface area contributed by atoms with Crippen molar-refractivity contribution in [2.45, 2.75) is 84.4 Å². The molecule has 10 nitrogen and oxygen atoms in total. The number of benzene rings is 1. The molecule has 2 aromatic rings. The number of anilines is 2. The van der Waals surface area contributed by atoms with Crippen molar-refractivity contribution in [3.63, 3.8) is 0 Å². The number of nitrogens with one attached hydrogen (secondary N) is 2. The first-order valence-corrected chi connectivity index (χ1v) is 14.0. The van der Waals surface area contributed by atoms with E-state index in [9.17, 15) is 9.59 Å². The molecule has 2 amide bonds. The second kappa shape index (κ2) is 14.4. The minimum Gasteiger partial charge on any atom is -0.477 e. The molecule has 1 heterocycles. The fraction of sp³-hybridized carbons (Fsp3) is 0.516. The summed E-state index contributed by atoms with van der Waals surface area (Å²) in [6, 6.07) is 8.42. The van der Waals surface area contributed by atoms with E-state index in [-0.39, 0.29) is 17.9 Å². The summed E-state index contributed by atoms with van der Waals surface area (Å²) in [5.74, 6) is 7.19. The Morgan fingerprint density at radius 1 is 1.22 bits per heavy atom. The average Bonchev–Trinajstić information content (AvgIpc) is 2.94. The summed E-state index contributed by atoms with van der Waals surface area (Å²) in [7, 11) is 1.57. The van der Waals surface area contributed by atoms with E-state index in [0.717, 1.165) is 31.4 Å². The Labute approximate surface area is 242 Å². The van der Waals surface area contributed by atoms with Crippen molar-refractivity contribution in [1.82, 2.24) is 20.2 Å². The second-order valence-corrected chi connectivity index (χ2v) is 11.2. The van der Waals surface area contributed by atoms with Crippen molar-refractivity contribution in [3.8, 4) is 23.8 Å². The molecule has 0 spiro atoms. The normalized spacial score (nSPS) is 17.2. The van der Waals surface area contributed by atoms with Crippen LogP contribution in [0.5, 0.6) is 5.88 Å². The van der Waals surface area contributed by atoms with E-state index in [1.807, 2.05) is 6.92 Å². The van der Waals surface area contributed by atoms with Crippen LogP contribution in [-0.4, -0.2) is 58.2 Å². The topological polar surface area (TPSA) is 129 Å². The summed E-state index contributed by atoms with van der Waals surface area (Å²) in [6.07, 6.45) is 5.37. The maximum Gasteiger partial charge on any atom is 0.410 e. The number of aromatic nitrogens is 2. The van der Waals surface area contributed by atoms with E-state index < -0.39 is 17.7 Å². The Morgan fingerprint density at radius 2 is 1.95 bits per heavy atom. The van der Waals surface area contributed by atoms with E-state index >= 15 is 0 Å². The van der Waals surface area contributed by atoms with Crippen LogP contribution in [0, 0.1) is 29.1 Å². The predicted octanol–water partition coefficient (Wildman–Crippen LogP) is 5.16. The number of nitriles is 1. The maximum atomic E-state index is 12.9. The van der Waals surface area contributed by atoms with Crippen LogP contribution < -0.4 is 15.4 Å². The van der Waals surface area contributed by atoms with Gasteiger partial charge in [0, 0.05) is 24.7 Å². The number of carbonyl (C=O) groups excluding carboxylic acids is 2. The smallest absolute Gasteiger partial charge is 0.410 e. The van der Waals surface area contributed by atoms with Gasteiger partial charge < -0.3 is 20.1 Å². The molecule has 1 aromatic heterocycles. The standard InChI is InChI=1S/C31H40N6O4/c1-7-17-40-28-24(20-33-29(36-28)35-25-15-12-23(19-32)13-16-25)14-11-22-9-8-10-26(18-22)34-27(38)21(2)37(6)30(39)41-31(3,4)5/h12-13,15-16,20-22,26H,7-10,17-18H2,1-6H3,(H,34,38)(H,33,35,36)/t21-,22-,26-/m0/s1.